The van der Waals surface area contributed by atoms with Crippen LogP contribution in [0.1, 0.15) is 22.8 Å². The molecule has 0 unspecified atom stereocenters. The predicted octanol–water partition coefficient (Wildman–Crippen LogP) is 4.82. The molecule has 0 aromatic heterocycles. The van der Waals surface area contributed by atoms with Gasteiger partial charge in [0.15, 0.2) is 11.5 Å². The van der Waals surface area contributed by atoms with Gasteiger partial charge < -0.3 is 14.8 Å². The topological polar surface area (TPSA) is 90.7 Å². The molecule has 1 N–H and O–H groups in total. The van der Waals surface area contributed by atoms with Crippen molar-refractivity contribution in [1.29, 1.82) is 0 Å². The van der Waals surface area contributed by atoms with Crippen LogP contribution in [0.3, 0.4) is 0 Å². The third kappa shape index (κ3) is 5.32. The summed E-state index contributed by atoms with van der Waals surface area (Å²) < 4.78 is 11.5. The molecule has 0 bridgehead atoms. The molecule has 0 radical (unpaired) electrons. The normalized spacial score (nSPS) is 10.2. The highest BCUT2D eigenvalue weighted by atomic mass is 16.6. The number of anilines is 1. The zero-order valence-corrected chi connectivity index (χ0v) is 15.8. The highest BCUT2D eigenvalue weighted by molar-refractivity contribution is 6.04. The Morgan fingerprint density at radius 3 is 2.34 bits per heavy atom. The molecule has 0 aliphatic carbocycles. The van der Waals surface area contributed by atoms with Crippen LogP contribution in [0.4, 0.5) is 11.4 Å². The van der Waals surface area contributed by atoms with Crippen molar-refractivity contribution in [3.8, 4) is 11.5 Å². The predicted molar refractivity (Wildman–Crippen MR) is 109 cm³/mol. The highest BCUT2D eigenvalue weighted by Gasteiger charge is 2.13. The van der Waals surface area contributed by atoms with Gasteiger partial charge in [0.05, 0.1) is 11.5 Å². The lowest BCUT2D eigenvalue weighted by Crippen LogP contribution is -2.12. The fraction of sp³-hybridized carbons (Fsp3) is 0.136. The first-order chi connectivity index (χ1) is 14.1. The molecule has 0 aliphatic rings. The molecule has 3 aromatic carbocycles. The van der Waals surface area contributed by atoms with Gasteiger partial charge in [0.25, 0.3) is 11.6 Å². The van der Waals surface area contributed by atoms with E-state index in [0.29, 0.717) is 36.0 Å². The average molecular weight is 392 g/mol. The number of amides is 1. The number of non-ortho nitro benzene ring substituents is 1. The lowest BCUT2D eigenvalue weighted by molar-refractivity contribution is -0.384. The first-order valence-electron chi connectivity index (χ1n) is 9.06. The maximum atomic E-state index is 12.5. The van der Waals surface area contributed by atoms with Gasteiger partial charge in [0, 0.05) is 23.4 Å². The molecule has 148 valence electrons. The number of ether oxygens (including phenoxy) is 2. The van der Waals surface area contributed by atoms with E-state index in [9.17, 15) is 14.9 Å². The summed E-state index contributed by atoms with van der Waals surface area (Å²) in [7, 11) is 0. The molecule has 3 rings (SSSR count). The fourth-order valence-corrected chi connectivity index (χ4v) is 2.64. The Labute approximate surface area is 168 Å². The smallest absolute Gasteiger partial charge is 0.269 e. The summed E-state index contributed by atoms with van der Waals surface area (Å²) in [6.45, 7) is 2.66. The van der Waals surface area contributed by atoms with Crippen molar-refractivity contribution >= 4 is 17.3 Å². The number of rotatable bonds is 8. The molecule has 3 aromatic rings. The van der Waals surface area contributed by atoms with Crippen LogP contribution in [-0.4, -0.2) is 17.4 Å². The van der Waals surface area contributed by atoms with Gasteiger partial charge in [-0.3, -0.25) is 14.9 Å². The minimum Gasteiger partial charge on any atom is -0.490 e. The van der Waals surface area contributed by atoms with Gasteiger partial charge in [-0.1, -0.05) is 30.3 Å². The van der Waals surface area contributed by atoms with E-state index in [1.54, 1.807) is 18.2 Å². The maximum Gasteiger partial charge on any atom is 0.269 e. The minimum absolute atomic E-state index is 0.0402. The van der Waals surface area contributed by atoms with Crippen LogP contribution in [0.15, 0.2) is 72.8 Å². The van der Waals surface area contributed by atoms with E-state index in [0.717, 1.165) is 5.56 Å². The summed E-state index contributed by atoms with van der Waals surface area (Å²) in [5.74, 6) is 0.664. The van der Waals surface area contributed by atoms with E-state index < -0.39 is 4.92 Å². The van der Waals surface area contributed by atoms with Crippen molar-refractivity contribution in [3.05, 3.63) is 94.0 Å². The number of nitrogens with zero attached hydrogens (tertiary/aromatic N) is 1. The van der Waals surface area contributed by atoms with E-state index >= 15 is 0 Å². The van der Waals surface area contributed by atoms with Gasteiger partial charge in [0.1, 0.15) is 6.61 Å². The van der Waals surface area contributed by atoms with Crippen LogP contribution in [0.25, 0.3) is 0 Å². The van der Waals surface area contributed by atoms with Gasteiger partial charge >= 0.3 is 0 Å². The first-order valence-corrected chi connectivity index (χ1v) is 9.06. The van der Waals surface area contributed by atoms with Crippen LogP contribution in [0, 0.1) is 10.1 Å². The van der Waals surface area contributed by atoms with E-state index in [2.05, 4.69) is 5.32 Å². The zero-order chi connectivity index (χ0) is 20.6. The number of nitrogens with one attached hydrogen (secondary N) is 1. The van der Waals surface area contributed by atoms with Crippen molar-refractivity contribution in [1.82, 2.24) is 0 Å². The molecule has 0 fully saturated rings. The second-order valence-corrected chi connectivity index (χ2v) is 6.13. The lowest BCUT2D eigenvalue weighted by atomic mass is 10.1. The molecule has 1 amide bonds. The Kier molecular flexibility index (Phi) is 6.42. The third-order valence-corrected chi connectivity index (χ3v) is 4.08. The van der Waals surface area contributed by atoms with Crippen LogP contribution in [0.2, 0.25) is 0 Å². The van der Waals surface area contributed by atoms with Gasteiger partial charge in [-0.2, -0.15) is 0 Å². The Hall–Kier alpha value is -3.87. The molecule has 7 heteroatoms. The largest absolute Gasteiger partial charge is 0.490 e. The molecule has 29 heavy (non-hydrogen) atoms. The molecule has 0 aliphatic heterocycles. The van der Waals surface area contributed by atoms with Crippen LogP contribution in [0.5, 0.6) is 11.5 Å². The monoisotopic (exact) mass is 392 g/mol. The number of hydrogen-bond acceptors (Lipinski definition) is 5. The lowest BCUT2D eigenvalue weighted by Gasteiger charge is -2.13. The van der Waals surface area contributed by atoms with Gasteiger partial charge in [-0.25, -0.2) is 0 Å². The van der Waals surface area contributed by atoms with Crippen molar-refractivity contribution in [2.75, 3.05) is 11.9 Å². The summed E-state index contributed by atoms with van der Waals surface area (Å²) in [6.07, 6.45) is 0. The number of hydrogen-bond donors (Lipinski definition) is 1. The molecule has 0 atom stereocenters. The summed E-state index contributed by atoms with van der Waals surface area (Å²) >= 11 is 0. The van der Waals surface area contributed by atoms with Crippen LogP contribution < -0.4 is 14.8 Å². The van der Waals surface area contributed by atoms with Gasteiger partial charge in [-0.15, -0.1) is 0 Å². The van der Waals surface area contributed by atoms with Gasteiger partial charge in [-0.05, 0) is 42.8 Å². The number of carbonyl (C=O) groups is 1. The van der Waals surface area contributed by atoms with Crippen molar-refractivity contribution in [3.63, 3.8) is 0 Å². The second-order valence-electron chi connectivity index (χ2n) is 6.13. The number of nitro benzene ring substituents is 1. The second kappa shape index (κ2) is 9.36. The van der Waals surface area contributed by atoms with E-state index in [1.165, 1.54) is 24.3 Å². The zero-order valence-electron chi connectivity index (χ0n) is 15.8. The summed E-state index contributed by atoms with van der Waals surface area (Å²) in [5, 5.41) is 13.4. The molecular formula is C22H20N2O5. The van der Waals surface area contributed by atoms with Crippen molar-refractivity contribution < 1.29 is 19.2 Å². The van der Waals surface area contributed by atoms with Crippen molar-refractivity contribution in [2.45, 2.75) is 13.5 Å². The van der Waals surface area contributed by atoms with Crippen molar-refractivity contribution in [2.24, 2.45) is 0 Å². The van der Waals surface area contributed by atoms with Gasteiger partial charge in [0.2, 0.25) is 0 Å². The molecule has 7 nitrogen and oxygen atoms in total. The van der Waals surface area contributed by atoms with E-state index in [4.69, 9.17) is 9.47 Å². The Morgan fingerprint density at radius 2 is 1.69 bits per heavy atom. The highest BCUT2D eigenvalue weighted by Crippen LogP contribution is 2.30. The Balaban J connectivity index is 1.72. The standard InChI is InChI=1S/C22H20N2O5/c1-2-28-21-14-17(8-13-20(21)29-15-16-6-4-3-5-7-16)22(25)23-18-9-11-19(12-10-18)24(26)27/h3-14H,2,15H2,1H3,(H,23,25). The Morgan fingerprint density at radius 1 is 0.966 bits per heavy atom. The first kappa shape index (κ1) is 19.9. The molecule has 0 heterocycles. The van der Waals surface area contributed by atoms with E-state index in [-0.39, 0.29) is 11.6 Å². The fourth-order valence-electron chi connectivity index (χ4n) is 2.64. The summed E-state index contributed by atoms with van der Waals surface area (Å²) in [4.78, 5) is 22.8. The summed E-state index contributed by atoms with van der Waals surface area (Å²) in [5.41, 5.74) is 1.83. The average Bonchev–Trinajstić information content (AvgIpc) is 2.74. The number of nitro groups is 1. The Bertz CT molecular complexity index is 988. The van der Waals surface area contributed by atoms with E-state index in [1.807, 2.05) is 37.3 Å². The maximum absolute atomic E-state index is 12.5. The SMILES string of the molecule is CCOc1cc(C(=O)Nc2ccc([N+](=O)[O-])cc2)ccc1OCc1ccccc1. The third-order valence-electron chi connectivity index (χ3n) is 4.08. The summed E-state index contributed by atoms with van der Waals surface area (Å²) in [6, 6.07) is 20.3. The number of benzene rings is 3. The van der Waals surface area contributed by atoms with Crippen LogP contribution >= 0.6 is 0 Å². The minimum atomic E-state index is -0.492. The molecule has 0 saturated heterocycles. The molecule has 0 spiro atoms. The number of carbonyl (C=O) groups excluding carboxylic acids is 1. The van der Waals surface area contributed by atoms with Crippen LogP contribution in [-0.2, 0) is 6.61 Å². The molecular weight excluding hydrogens is 372 g/mol. The quantitative estimate of drug-likeness (QED) is 0.438. The molecule has 0 saturated carbocycles.